The number of hydrogen-bond donors (Lipinski definition) is 5. The van der Waals surface area contributed by atoms with Crippen LogP contribution in [0.1, 0.15) is 29.8 Å². The van der Waals surface area contributed by atoms with E-state index in [-0.39, 0.29) is 23.9 Å². The molecular weight excluding hydrogens is 387 g/mol. The lowest BCUT2D eigenvalue weighted by Crippen LogP contribution is -2.25. The van der Waals surface area contributed by atoms with Gasteiger partial charge in [0.25, 0.3) is 5.91 Å². The molecule has 2 amide bonds. The fourth-order valence-corrected chi connectivity index (χ4v) is 2.81. The molecule has 0 aliphatic heterocycles. The first-order valence-electron chi connectivity index (χ1n) is 9.47. The molecule has 156 valence electrons. The zero-order valence-corrected chi connectivity index (χ0v) is 16.2. The van der Waals surface area contributed by atoms with Crippen molar-refractivity contribution in [2.24, 2.45) is 0 Å². The molecule has 3 rings (SSSR count). The Bertz CT molecular complexity index is 1030. The van der Waals surface area contributed by atoms with Gasteiger partial charge in [-0.15, -0.1) is 0 Å². The van der Waals surface area contributed by atoms with E-state index in [2.05, 4.69) is 20.8 Å². The molecule has 0 atom stereocenters. The van der Waals surface area contributed by atoms with Gasteiger partial charge in [-0.1, -0.05) is 12.1 Å². The summed E-state index contributed by atoms with van der Waals surface area (Å²) in [6.45, 7) is 0.418. The van der Waals surface area contributed by atoms with Crippen LogP contribution < -0.4 is 22.1 Å². The monoisotopic (exact) mass is 410 g/mol. The van der Waals surface area contributed by atoms with E-state index in [4.69, 9.17) is 11.5 Å². The Morgan fingerprint density at radius 3 is 2.53 bits per heavy atom. The summed E-state index contributed by atoms with van der Waals surface area (Å²) in [6, 6.07) is 12.7. The topological polar surface area (TPSA) is 139 Å². The molecule has 30 heavy (non-hydrogen) atoms. The van der Waals surface area contributed by atoms with E-state index >= 15 is 0 Å². The average Bonchev–Trinajstić information content (AvgIpc) is 3.20. The third kappa shape index (κ3) is 5.57. The number of amides is 2. The van der Waals surface area contributed by atoms with Gasteiger partial charge >= 0.3 is 0 Å². The fraction of sp³-hybridized carbons (Fsp3) is 0.190. The van der Waals surface area contributed by atoms with Crippen LogP contribution in [0, 0.1) is 5.82 Å². The van der Waals surface area contributed by atoms with Gasteiger partial charge in [0.2, 0.25) is 5.91 Å². The average molecular weight is 410 g/mol. The summed E-state index contributed by atoms with van der Waals surface area (Å²) in [6.07, 6.45) is 1.46. The molecule has 0 fully saturated rings. The van der Waals surface area contributed by atoms with Gasteiger partial charge in [-0.3, -0.25) is 14.7 Å². The molecule has 0 aliphatic rings. The van der Waals surface area contributed by atoms with Gasteiger partial charge in [0.15, 0.2) is 0 Å². The summed E-state index contributed by atoms with van der Waals surface area (Å²) in [5, 5.41) is 12.3. The molecular formula is C21H23FN6O2. The second-order valence-electron chi connectivity index (χ2n) is 6.78. The number of anilines is 3. The first kappa shape index (κ1) is 20.8. The molecule has 0 bridgehead atoms. The number of carbonyl (C=O) groups excluding carboxylic acids is 2. The number of H-pyrrole nitrogens is 1. The van der Waals surface area contributed by atoms with Crippen molar-refractivity contribution in [2.75, 3.05) is 23.3 Å². The van der Waals surface area contributed by atoms with E-state index in [1.165, 1.54) is 12.1 Å². The Labute approximate surface area is 172 Å². The Balaban J connectivity index is 1.38. The molecule has 0 aliphatic carbocycles. The molecule has 0 unspecified atom stereocenters. The highest BCUT2D eigenvalue weighted by Crippen LogP contribution is 2.20. The number of rotatable bonds is 8. The van der Waals surface area contributed by atoms with Crippen molar-refractivity contribution in [1.29, 1.82) is 0 Å². The molecule has 9 heteroatoms. The van der Waals surface area contributed by atoms with Crippen molar-refractivity contribution >= 4 is 28.9 Å². The van der Waals surface area contributed by atoms with E-state index < -0.39 is 5.82 Å². The summed E-state index contributed by atoms with van der Waals surface area (Å²) in [4.78, 5) is 24.2. The Morgan fingerprint density at radius 2 is 1.80 bits per heavy atom. The van der Waals surface area contributed by atoms with Crippen molar-refractivity contribution in [1.82, 2.24) is 15.5 Å². The van der Waals surface area contributed by atoms with E-state index in [1.54, 1.807) is 18.2 Å². The highest BCUT2D eigenvalue weighted by Gasteiger charge is 2.11. The quantitative estimate of drug-likeness (QED) is 0.287. The largest absolute Gasteiger partial charge is 0.399 e. The van der Waals surface area contributed by atoms with Crippen LogP contribution in [0.5, 0.6) is 0 Å². The molecule has 0 radical (unpaired) electrons. The van der Waals surface area contributed by atoms with Crippen LogP contribution >= 0.6 is 0 Å². The van der Waals surface area contributed by atoms with Gasteiger partial charge in [0.05, 0.1) is 17.1 Å². The van der Waals surface area contributed by atoms with Gasteiger partial charge in [0.1, 0.15) is 11.5 Å². The summed E-state index contributed by atoms with van der Waals surface area (Å²) < 4.78 is 13.0. The first-order chi connectivity index (χ1) is 14.4. The number of carbonyl (C=O) groups is 2. The molecule has 8 nitrogen and oxygen atoms in total. The Morgan fingerprint density at radius 1 is 1.03 bits per heavy atom. The number of nitrogens with zero attached hydrogens (tertiary/aromatic N) is 1. The van der Waals surface area contributed by atoms with Crippen LogP contribution in [0.15, 0.2) is 48.5 Å². The highest BCUT2D eigenvalue weighted by molar-refractivity contribution is 5.94. The Hall–Kier alpha value is -3.88. The van der Waals surface area contributed by atoms with Gasteiger partial charge in [-0.2, -0.15) is 5.10 Å². The van der Waals surface area contributed by atoms with Crippen molar-refractivity contribution in [3.8, 4) is 11.3 Å². The number of nitrogens with two attached hydrogens (primary N) is 2. The van der Waals surface area contributed by atoms with E-state index in [1.807, 2.05) is 12.1 Å². The minimum absolute atomic E-state index is 0.175. The lowest BCUT2D eigenvalue weighted by Gasteiger charge is -2.08. The normalized spacial score (nSPS) is 10.6. The van der Waals surface area contributed by atoms with Gasteiger partial charge in [-0.25, -0.2) is 4.39 Å². The lowest BCUT2D eigenvalue weighted by molar-refractivity contribution is -0.116. The molecule has 7 N–H and O–H groups in total. The van der Waals surface area contributed by atoms with E-state index in [9.17, 15) is 14.0 Å². The third-order valence-corrected chi connectivity index (χ3v) is 4.43. The van der Waals surface area contributed by atoms with Crippen LogP contribution in [0.3, 0.4) is 0 Å². The van der Waals surface area contributed by atoms with Gasteiger partial charge in [-0.05, 0) is 49.2 Å². The number of aromatic nitrogens is 2. The van der Waals surface area contributed by atoms with Crippen LogP contribution in [-0.2, 0) is 4.79 Å². The molecule has 3 aromatic rings. The molecule has 1 heterocycles. The zero-order valence-electron chi connectivity index (χ0n) is 16.2. The maximum atomic E-state index is 13.0. The number of nitrogens with one attached hydrogen (secondary N) is 3. The van der Waals surface area contributed by atoms with Crippen LogP contribution in [0.4, 0.5) is 21.5 Å². The van der Waals surface area contributed by atoms with Gasteiger partial charge in [0, 0.05) is 24.2 Å². The molecule has 0 spiro atoms. The van der Waals surface area contributed by atoms with Crippen molar-refractivity contribution in [3.63, 3.8) is 0 Å². The number of aromatic amines is 1. The molecule has 2 aromatic carbocycles. The second-order valence-corrected chi connectivity index (χ2v) is 6.78. The predicted octanol–water partition coefficient (Wildman–Crippen LogP) is 2.92. The van der Waals surface area contributed by atoms with Crippen molar-refractivity contribution in [3.05, 3.63) is 60.0 Å². The first-order valence-corrected chi connectivity index (χ1v) is 9.47. The predicted molar refractivity (Wildman–Crippen MR) is 114 cm³/mol. The molecule has 0 saturated heterocycles. The molecule has 1 aromatic heterocycles. The second kappa shape index (κ2) is 9.55. The number of hydrogen-bond acceptors (Lipinski definition) is 5. The van der Waals surface area contributed by atoms with Crippen molar-refractivity contribution < 1.29 is 14.0 Å². The minimum Gasteiger partial charge on any atom is -0.399 e. The Kier molecular flexibility index (Phi) is 6.63. The lowest BCUT2D eigenvalue weighted by atomic mass is 10.1. The number of halogens is 1. The fourth-order valence-electron chi connectivity index (χ4n) is 2.81. The van der Waals surface area contributed by atoms with E-state index in [0.29, 0.717) is 42.1 Å². The summed E-state index contributed by atoms with van der Waals surface area (Å²) in [5.74, 6) is -0.951. The summed E-state index contributed by atoms with van der Waals surface area (Å²) in [5.41, 5.74) is 14.4. The maximum Gasteiger partial charge on any atom is 0.269 e. The summed E-state index contributed by atoms with van der Waals surface area (Å²) in [7, 11) is 0. The number of nitrogen functional groups attached to an aromatic ring is 2. The van der Waals surface area contributed by atoms with Crippen LogP contribution in [-0.4, -0.2) is 28.6 Å². The number of unbranched alkanes of at least 4 members (excludes halogenated alkanes) is 1. The zero-order chi connectivity index (χ0) is 21.5. The maximum absolute atomic E-state index is 13.0. The number of benzene rings is 2. The van der Waals surface area contributed by atoms with Crippen LogP contribution in [0.2, 0.25) is 0 Å². The van der Waals surface area contributed by atoms with Gasteiger partial charge < -0.3 is 22.1 Å². The standard InChI is InChI=1S/C21H23FN6O2/c22-14-6-9-17(16(24)11-14)26-20(29)3-1-2-10-25-21(30)19-12-18(27-28-19)13-4-7-15(23)8-5-13/h4-9,11-12H,1-3,10,23-24H2,(H,25,30)(H,26,29)(H,27,28). The van der Waals surface area contributed by atoms with Crippen LogP contribution in [0.25, 0.3) is 11.3 Å². The highest BCUT2D eigenvalue weighted by atomic mass is 19.1. The third-order valence-electron chi connectivity index (χ3n) is 4.43. The smallest absolute Gasteiger partial charge is 0.269 e. The molecule has 0 saturated carbocycles. The minimum atomic E-state index is -0.459. The van der Waals surface area contributed by atoms with Crippen molar-refractivity contribution in [2.45, 2.75) is 19.3 Å². The summed E-state index contributed by atoms with van der Waals surface area (Å²) >= 11 is 0. The SMILES string of the molecule is Nc1ccc(-c2cc(C(=O)NCCCCC(=O)Nc3ccc(F)cc3N)[nH]n2)cc1. The van der Waals surface area contributed by atoms with E-state index in [0.717, 1.165) is 11.6 Å².